The fourth-order valence-electron chi connectivity index (χ4n) is 10.6. The summed E-state index contributed by atoms with van der Waals surface area (Å²) in [7, 11) is 0. The molecule has 0 bridgehead atoms. The Bertz CT molecular complexity index is 1360. The SMILES string of the molecule is CC/C=C\C/C=C\C/C=C\C/C=C\CCCCCCCCC(=O)OC(COC(=O)CCCCCCCCC)COC(=O)CCCCCCCCCCCCCCCCCCCCCCCCCCCCCCCCCCCCC. The van der Waals surface area contributed by atoms with Gasteiger partial charge >= 0.3 is 17.9 Å². The molecule has 0 rings (SSSR count). The minimum absolute atomic E-state index is 0.0752. The molecular formula is C73H134O6. The molecule has 0 heterocycles. The average molecular weight is 1110 g/mol. The van der Waals surface area contributed by atoms with Gasteiger partial charge in [0.15, 0.2) is 6.10 Å². The Morgan fingerprint density at radius 1 is 0.266 bits per heavy atom. The molecule has 1 unspecified atom stereocenters. The number of ether oxygens (including phenoxy) is 3. The van der Waals surface area contributed by atoms with Gasteiger partial charge in [-0.25, -0.2) is 0 Å². The van der Waals surface area contributed by atoms with Gasteiger partial charge in [0.1, 0.15) is 13.2 Å². The molecule has 79 heavy (non-hydrogen) atoms. The number of hydrogen-bond acceptors (Lipinski definition) is 6. The molecule has 0 aliphatic rings. The van der Waals surface area contributed by atoms with Crippen LogP contribution in [0.5, 0.6) is 0 Å². The van der Waals surface area contributed by atoms with Crippen molar-refractivity contribution in [3.05, 3.63) is 48.6 Å². The van der Waals surface area contributed by atoms with Crippen LogP contribution in [0.2, 0.25) is 0 Å². The molecule has 0 aromatic rings. The fourth-order valence-corrected chi connectivity index (χ4v) is 10.6. The monoisotopic (exact) mass is 1110 g/mol. The Hall–Kier alpha value is -2.63. The van der Waals surface area contributed by atoms with E-state index in [2.05, 4.69) is 69.4 Å². The van der Waals surface area contributed by atoms with Crippen LogP contribution in [0.1, 0.15) is 380 Å². The van der Waals surface area contributed by atoms with Gasteiger partial charge in [0.05, 0.1) is 0 Å². The first kappa shape index (κ1) is 76.4. The lowest BCUT2D eigenvalue weighted by atomic mass is 10.0. The summed E-state index contributed by atoms with van der Waals surface area (Å²) >= 11 is 0. The molecule has 6 heteroatoms. The Morgan fingerprint density at radius 3 is 0.772 bits per heavy atom. The van der Waals surface area contributed by atoms with E-state index in [9.17, 15) is 14.4 Å². The van der Waals surface area contributed by atoms with Gasteiger partial charge in [-0.15, -0.1) is 0 Å². The van der Waals surface area contributed by atoms with Crippen molar-refractivity contribution in [3.8, 4) is 0 Å². The summed E-state index contributed by atoms with van der Waals surface area (Å²) in [6, 6.07) is 0. The fraction of sp³-hybridized carbons (Fsp3) is 0.849. The number of unbranched alkanes of at least 4 members (excludes halogenated alkanes) is 46. The standard InChI is InChI=1S/C73H134O6/c1-4-7-10-13-16-18-20-22-24-26-28-29-30-31-32-33-34-35-36-37-38-39-40-41-42-43-45-46-48-50-52-54-57-60-63-66-72(75)78-69-70(68-77-71(74)65-62-59-56-15-12-9-6-3)79-73(76)67-64-61-58-55-53-51-49-47-44-27-25-23-21-19-17-14-11-8-5-2/h8,11,17,19,23,25,44,47,70H,4-7,9-10,12-16,18,20-22,24,26-43,45-46,48-69H2,1-3H3/b11-8-,19-17-,25-23-,47-44-. The van der Waals surface area contributed by atoms with Crippen molar-refractivity contribution >= 4 is 17.9 Å². The van der Waals surface area contributed by atoms with Crippen LogP contribution in [0.3, 0.4) is 0 Å². The first-order chi connectivity index (χ1) is 39.0. The van der Waals surface area contributed by atoms with Crippen molar-refractivity contribution in [3.63, 3.8) is 0 Å². The summed E-state index contributed by atoms with van der Waals surface area (Å²) in [6.45, 7) is 6.53. The topological polar surface area (TPSA) is 78.9 Å². The number of hydrogen-bond donors (Lipinski definition) is 0. The van der Waals surface area contributed by atoms with Crippen molar-refractivity contribution in [2.45, 2.75) is 386 Å². The lowest BCUT2D eigenvalue weighted by Gasteiger charge is -2.18. The van der Waals surface area contributed by atoms with E-state index in [0.717, 1.165) is 96.3 Å². The maximum atomic E-state index is 12.9. The Kier molecular flexibility index (Phi) is 65.6. The summed E-state index contributed by atoms with van der Waals surface area (Å²) in [4.78, 5) is 38.1. The molecule has 0 fully saturated rings. The van der Waals surface area contributed by atoms with Crippen LogP contribution in [0.15, 0.2) is 48.6 Å². The summed E-state index contributed by atoms with van der Waals surface area (Å²) in [5.74, 6) is -0.877. The molecule has 0 aliphatic heterocycles. The number of carbonyl (C=O) groups is 3. The highest BCUT2D eigenvalue weighted by molar-refractivity contribution is 5.71. The minimum Gasteiger partial charge on any atom is -0.462 e. The molecule has 0 N–H and O–H groups in total. The largest absolute Gasteiger partial charge is 0.462 e. The molecule has 0 amide bonds. The molecule has 1 atom stereocenters. The molecule has 0 saturated carbocycles. The lowest BCUT2D eigenvalue weighted by Crippen LogP contribution is -2.30. The van der Waals surface area contributed by atoms with Crippen LogP contribution < -0.4 is 0 Å². The summed E-state index contributed by atoms with van der Waals surface area (Å²) < 4.78 is 16.8. The second-order valence-electron chi connectivity index (χ2n) is 23.8. The molecule has 0 spiro atoms. The van der Waals surface area contributed by atoms with Crippen LogP contribution in [0.4, 0.5) is 0 Å². The molecule has 0 aromatic carbocycles. The van der Waals surface area contributed by atoms with Crippen molar-refractivity contribution in [1.82, 2.24) is 0 Å². The summed E-state index contributed by atoms with van der Waals surface area (Å²) in [5, 5.41) is 0. The van der Waals surface area contributed by atoms with Gasteiger partial charge in [0.2, 0.25) is 0 Å². The predicted molar refractivity (Wildman–Crippen MR) is 344 cm³/mol. The Balaban J connectivity index is 3.94. The second-order valence-corrected chi connectivity index (χ2v) is 23.8. The van der Waals surface area contributed by atoms with Gasteiger partial charge in [0.25, 0.3) is 0 Å². The number of rotatable bonds is 65. The van der Waals surface area contributed by atoms with E-state index in [1.807, 2.05) is 0 Å². The highest BCUT2D eigenvalue weighted by Crippen LogP contribution is 2.19. The first-order valence-corrected chi connectivity index (χ1v) is 35.1. The normalized spacial score (nSPS) is 12.3. The van der Waals surface area contributed by atoms with E-state index in [1.54, 1.807) is 0 Å². The van der Waals surface area contributed by atoms with Gasteiger partial charge in [-0.1, -0.05) is 352 Å². The Morgan fingerprint density at radius 2 is 0.494 bits per heavy atom. The molecule has 462 valence electrons. The van der Waals surface area contributed by atoms with Crippen LogP contribution in [0.25, 0.3) is 0 Å². The van der Waals surface area contributed by atoms with E-state index < -0.39 is 6.10 Å². The molecule has 0 radical (unpaired) electrons. The quantitative estimate of drug-likeness (QED) is 0.0261. The maximum absolute atomic E-state index is 12.9. The molecule has 0 aromatic heterocycles. The van der Waals surface area contributed by atoms with Crippen LogP contribution in [-0.2, 0) is 28.6 Å². The zero-order chi connectivity index (χ0) is 57.1. The molecular weight excluding hydrogens is 973 g/mol. The zero-order valence-electron chi connectivity index (χ0n) is 53.2. The van der Waals surface area contributed by atoms with Crippen molar-refractivity contribution in [2.24, 2.45) is 0 Å². The number of carbonyl (C=O) groups excluding carboxylic acids is 3. The Labute approximate surface area is 492 Å². The lowest BCUT2D eigenvalue weighted by molar-refractivity contribution is -0.167. The third-order valence-electron chi connectivity index (χ3n) is 15.8. The van der Waals surface area contributed by atoms with E-state index in [-0.39, 0.29) is 31.1 Å². The van der Waals surface area contributed by atoms with E-state index in [1.165, 1.54) is 244 Å². The molecule has 0 saturated heterocycles. The smallest absolute Gasteiger partial charge is 0.306 e. The van der Waals surface area contributed by atoms with Gasteiger partial charge in [-0.2, -0.15) is 0 Å². The van der Waals surface area contributed by atoms with Crippen LogP contribution >= 0.6 is 0 Å². The number of allylic oxidation sites excluding steroid dienone is 8. The van der Waals surface area contributed by atoms with Crippen LogP contribution in [0, 0.1) is 0 Å². The second kappa shape index (κ2) is 67.9. The summed E-state index contributed by atoms with van der Waals surface area (Å²) in [5.41, 5.74) is 0. The first-order valence-electron chi connectivity index (χ1n) is 35.1. The number of esters is 3. The van der Waals surface area contributed by atoms with Gasteiger partial charge in [-0.05, 0) is 57.8 Å². The van der Waals surface area contributed by atoms with Gasteiger partial charge < -0.3 is 14.2 Å². The van der Waals surface area contributed by atoms with Gasteiger partial charge in [-0.3, -0.25) is 14.4 Å². The van der Waals surface area contributed by atoms with Crippen molar-refractivity contribution in [2.75, 3.05) is 13.2 Å². The van der Waals surface area contributed by atoms with Crippen LogP contribution in [-0.4, -0.2) is 37.2 Å². The van der Waals surface area contributed by atoms with E-state index >= 15 is 0 Å². The maximum Gasteiger partial charge on any atom is 0.306 e. The van der Waals surface area contributed by atoms with Crippen molar-refractivity contribution in [1.29, 1.82) is 0 Å². The van der Waals surface area contributed by atoms with E-state index in [4.69, 9.17) is 14.2 Å². The molecule has 6 nitrogen and oxygen atoms in total. The minimum atomic E-state index is -0.777. The van der Waals surface area contributed by atoms with Gasteiger partial charge in [0, 0.05) is 19.3 Å². The predicted octanol–water partition coefficient (Wildman–Crippen LogP) is 24.1. The third-order valence-corrected chi connectivity index (χ3v) is 15.8. The third kappa shape index (κ3) is 66.1. The highest BCUT2D eigenvalue weighted by Gasteiger charge is 2.19. The highest BCUT2D eigenvalue weighted by atomic mass is 16.6. The molecule has 0 aliphatic carbocycles. The zero-order valence-corrected chi connectivity index (χ0v) is 53.2. The van der Waals surface area contributed by atoms with E-state index in [0.29, 0.717) is 19.3 Å². The summed E-state index contributed by atoms with van der Waals surface area (Å²) in [6.07, 6.45) is 86.2. The van der Waals surface area contributed by atoms with Crippen molar-refractivity contribution < 1.29 is 28.6 Å². The average Bonchev–Trinajstić information content (AvgIpc) is 3.45.